The molecule has 0 unspecified atom stereocenters. The number of halogens is 3. The highest BCUT2D eigenvalue weighted by atomic mass is 19.2. The first kappa shape index (κ1) is 24.9. The van der Waals surface area contributed by atoms with E-state index < -0.39 is 29.5 Å². The molecule has 4 nitrogen and oxygen atoms in total. The lowest BCUT2D eigenvalue weighted by atomic mass is 9.82. The number of hydrogen-bond donors (Lipinski definition) is 1. The molecule has 1 N–H and O–H groups in total. The lowest BCUT2D eigenvalue weighted by Crippen LogP contribution is -2.18. The Hall–Kier alpha value is -3.16. The number of aliphatic hydroxyl groups is 1. The van der Waals surface area contributed by atoms with Crippen LogP contribution in [0.5, 0.6) is 5.75 Å². The molecule has 184 valence electrons. The maximum atomic E-state index is 14.7. The Kier molecular flexibility index (Phi) is 7.88. The van der Waals surface area contributed by atoms with E-state index in [1.165, 1.54) is 30.3 Å². The molecule has 7 heteroatoms. The van der Waals surface area contributed by atoms with Gasteiger partial charge in [-0.15, -0.1) is 0 Å². The van der Waals surface area contributed by atoms with Crippen LogP contribution in [0.3, 0.4) is 0 Å². The average Bonchev–Trinajstić information content (AvgIpc) is 2.87. The van der Waals surface area contributed by atoms with Gasteiger partial charge in [-0.05, 0) is 79.5 Å². The molecule has 3 aromatic carbocycles. The van der Waals surface area contributed by atoms with Crippen molar-refractivity contribution in [1.29, 1.82) is 0 Å². The number of ether oxygens (including phenoxy) is 2. The highest BCUT2D eigenvalue weighted by molar-refractivity contribution is 5.91. The first-order valence-corrected chi connectivity index (χ1v) is 11.7. The van der Waals surface area contributed by atoms with Gasteiger partial charge < -0.3 is 14.6 Å². The number of esters is 1. The van der Waals surface area contributed by atoms with Crippen LogP contribution < -0.4 is 4.74 Å². The molecule has 0 aliphatic heterocycles. The summed E-state index contributed by atoms with van der Waals surface area (Å²) in [7, 11) is 0. The molecule has 0 bridgehead atoms. The summed E-state index contributed by atoms with van der Waals surface area (Å²) in [5, 5.41) is 9.64. The molecule has 1 saturated carbocycles. The predicted octanol–water partition coefficient (Wildman–Crippen LogP) is 6.55. The minimum absolute atomic E-state index is 0.146. The van der Waals surface area contributed by atoms with Gasteiger partial charge >= 0.3 is 5.97 Å². The lowest BCUT2D eigenvalue weighted by Gasteiger charge is -2.26. The van der Waals surface area contributed by atoms with Crippen LogP contribution in [0.4, 0.5) is 13.2 Å². The van der Waals surface area contributed by atoms with Crippen LogP contribution in [0.1, 0.15) is 60.0 Å². The van der Waals surface area contributed by atoms with E-state index in [1.54, 1.807) is 24.3 Å². The van der Waals surface area contributed by atoms with Crippen molar-refractivity contribution >= 4 is 5.97 Å². The van der Waals surface area contributed by atoms with Crippen LogP contribution in [0.15, 0.2) is 54.6 Å². The van der Waals surface area contributed by atoms with E-state index in [2.05, 4.69) is 0 Å². The molecule has 0 saturated heterocycles. The summed E-state index contributed by atoms with van der Waals surface area (Å²) in [4.78, 5) is 12.5. The Bertz CT molecular complexity index is 1190. The second-order valence-corrected chi connectivity index (χ2v) is 8.70. The van der Waals surface area contributed by atoms with E-state index in [0.717, 1.165) is 0 Å². The second kappa shape index (κ2) is 11.1. The van der Waals surface area contributed by atoms with Gasteiger partial charge in [-0.1, -0.05) is 30.3 Å². The van der Waals surface area contributed by atoms with Crippen molar-refractivity contribution in [2.75, 3.05) is 6.61 Å². The van der Waals surface area contributed by atoms with Crippen molar-refractivity contribution in [2.45, 2.75) is 51.2 Å². The van der Waals surface area contributed by atoms with Gasteiger partial charge in [0, 0.05) is 12.2 Å². The molecule has 1 fully saturated rings. The summed E-state index contributed by atoms with van der Waals surface area (Å²) in [6.45, 7) is 2.52. The van der Waals surface area contributed by atoms with E-state index in [1.807, 2.05) is 6.92 Å². The van der Waals surface area contributed by atoms with Crippen molar-refractivity contribution in [3.05, 3.63) is 88.7 Å². The zero-order chi connectivity index (χ0) is 24.9. The molecule has 0 heterocycles. The van der Waals surface area contributed by atoms with Crippen LogP contribution in [-0.4, -0.2) is 23.8 Å². The van der Waals surface area contributed by atoms with Gasteiger partial charge in [-0.3, -0.25) is 0 Å². The first-order valence-electron chi connectivity index (χ1n) is 11.7. The molecule has 0 atom stereocenters. The van der Waals surface area contributed by atoms with Crippen LogP contribution >= 0.6 is 0 Å². The van der Waals surface area contributed by atoms with Crippen LogP contribution in [-0.2, 0) is 11.3 Å². The standard InChI is InChI=1S/C28H27F3O4/c1-2-34-16-21-8-7-20(15-24(21)29)17-3-5-19(6-4-17)28(33)35-25-14-13-23(26(30)27(25)31)18-9-11-22(32)12-10-18/h3-8,13-15,18,22,32H,2,9-12,16H2,1H3. The first-order chi connectivity index (χ1) is 16.9. The van der Waals surface area contributed by atoms with Crippen molar-refractivity contribution in [2.24, 2.45) is 0 Å². The Balaban J connectivity index is 1.45. The average molecular weight is 485 g/mol. The molecule has 3 aromatic rings. The minimum atomic E-state index is -1.21. The summed E-state index contributed by atoms with van der Waals surface area (Å²) in [5.74, 6) is -4.11. The van der Waals surface area contributed by atoms with Crippen molar-refractivity contribution in [3.63, 3.8) is 0 Å². The third kappa shape index (κ3) is 5.74. The monoisotopic (exact) mass is 484 g/mol. The lowest BCUT2D eigenvalue weighted by molar-refractivity contribution is 0.0726. The quantitative estimate of drug-likeness (QED) is 0.305. The van der Waals surface area contributed by atoms with E-state index in [-0.39, 0.29) is 29.5 Å². The van der Waals surface area contributed by atoms with Crippen molar-refractivity contribution in [3.8, 4) is 16.9 Å². The predicted molar refractivity (Wildman–Crippen MR) is 126 cm³/mol. The van der Waals surface area contributed by atoms with Crippen molar-refractivity contribution < 1.29 is 32.5 Å². The zero-order valence-corrected chi connectivity index (χ0v) is 19.4. The van der Waals surface area contributed by atoms with Crippen LogP contribution in [0.25, 0.3) is 11.1 Å². The third-order valence-electron chi connectivity index (χ3n) is 6.38. The molecule has 0 spiro atoms. The van der Waals surface area contributed by atoms with E-state index in [0.29, 0.717) is 49.0 Å². The number of benzene rings is 3. The van der Waals surface area contributed by atoms with Gasteiger partial charge in [-0.2, -0.15) is 4.39 Å². The number of carbonyl (C=O) groups is 1. The SMILES string of the molecule is CCOCc1ccc(-c2ccc(C(=O)Oc3ccc(C4CCC(O)CC4)c(F)c3F)cc2)cc1F. The van der Waals surface area contributed by atoms with Gasteiger partial charge in [0.05, 0.1) is 18.3 Å². The molecule has 1 aliphatic rings. The smallest absolute Gasteiger partial charge is 0.343 e. The maximum absolute atomic E-state index is 14.7. The van der Waals surface area contributed by atoms with E-state index in [4.69, 9.17) is 9.47 Å². The Morgan fingerprint density at radius 1 is 0.914 bits per heavy atom. The normalized spacial score (nSPS) is 17.9. The molecule has 4 rings (SSSR count). The fraction of sp³-hybridized carbons (Fsp3) is 0.321. The minimum Gasteiger partial charge on any atom is -0.420 e. The number of carbonyl (C=O) groups excluding carboxylic acids is 1. The Morgan fingerprint density at radius 3 is 2.26 bits per heavy atom. The maximum Gasteiger partial charge on any atom is 0.343 e. The highest BCUT2D eigenvalue weighted by Crippen LogP contribution is 2.36. The van der Waals surface area contributed by atoms with E-state index in [9.17, 15) is 23.1 Å². The van der Waals surface area contributed by atoms with Gasteiger partial charge in [0.15, 0.2) is 11.6 Å². The molecule has 0 amide bonds. The molecule has 1 aliphatic carbocycles. The number of rotatable bonds is 7. The number of hydrogen-bond acceptors (Lipinski definition) is 4. The van der Waals surface area contributed by atoms with Crippen LogP contribution in [0.2, 0.25) is 0 Å². The zero-order valence-electron chi connectivity index (χ0n) is 19.4. The fourth-order valence-corrected chi connectivity index (χ4v) is 4.34. The summed E-state index contributed by atoms with van der Waals surface area (Å²) < 4.78 is 54.0. The largest absolute Gasteiger partial charge is 0.420 e. The fourth-order valence-electron chi connectivity index (χ4n) is 4.34. The molecular formula is C28H27F3O4. The summed E-state index contributed by atoms with van der Waals surface area (Å²) >= 11 is 0. The highest BCUT2D eigenvalue weighted by Gasteiger charge is 2.26. The number of aliphatic hydroxyl groups excluding tert-OH is 1. The topological polar surface area (TPSA) is 55.8 Å². The third-order valence-corrected chi connectivity index (χ3v) is 6.38. The van der Waals surface area contributed by atoms with E-state index >= 15 is 0 Å². The summed E-state index contributed by atoms with van der Waals surface area (Å²) in [5.41, 5.74) is 2.15. The van der Waals surface area contributed by atoms with Gasteiger partial charge in [-0.25, -0.2) is 13.6 Å². The van der Waals surface area contributed by atoms with Crippen LogP contribution in [0, 0.1) is 17.5 Å². The summed E-state index contributed by atoms with van der Waals surface area (Å²) in [6, 6.07) is 13.7. The second-order valence-electron chi connectivity index (χ2n) is 8.70. The Morgan fingerprint density at radius 2 is 1.60 bits per heavy atom. The molecule has 35 heavy (non-hydrogen) atoms. The van der Waals surface area contributed by atoms with Gasteiger partial charge in [0.1, 0.15) is 5.82 Å². The molecule has 0 radical (unpaired) electrons. The van der Waals surface area contributed by atoms with Crippen molar-refractivity contribution in [1.82, 2.24) is 0 Å². The summed E-state index contributed by atoms with van der Waals surface area (Å²) in [6.07, 6.45) is 1.83. The molecule has 0 aromatic heterocycles. The van der Waals surface area contributed by atoms with Gasteiger partial charge in [0.2, 0.25) is 5.82 Å². The Labute approximate surface area is 202 Å². The van der Waals surface area contributed by atoms with Gasteiger partial charge in [0.25, 0.3) is 0 Å². The molecular weight excluding hydrogens is 457 g/mol.